The van der Waals surface area contributed by atoms with Gasteiger partial charge in [-0.1, -0.05) is 17.7 Å². The highest BCUT2D eigenvalue weighted by Crippen LogP contribution is 2.54. The highest BCUT2D eigenvalue weighted by atomic mass is 35.5. The Kier molecular flexibility index (Phi) is 5.03. The van der Waals surface area contributed by atoms with Crippen LogP contribution in [0.4, 0.5) is 11.4 Å². The maximum atomic E-state index is 13.2. The van der Waals surface area contributed by atoms with E-state index in [1.54, 1.807) is 25.6 Å². The van der Waals surface area contributed by atoms with Crippen molar-refractivity contribution in [3.05, 3.63) is 52.9 Å². The first kappa shape index (κ1) is 21.7. The van der Waals surface area contributed by atoms with Crippen molar-refractivity contribution in [2.75, 3.05) is 25.6 Å². The summed E-state index contributed by atoms with van der Waals surface area (Å²) in [7, 11) is 1.56. The van der Waals surface area contributed by atoms with Gasteiger partial charge in [-0.05, 0) is 38.0 Å². The average molecular weight is 491 g/mol. The lowest BCUT2D eigenvalue weighted by molar-refractivity contribution is 0.0938. The number of nitrogens with zero attached hydrogens (tertiary/aromatic N) is 3. The zero-order chi connectivity index (χ0) is 24.2. The first-order valence-corrected chi connectivity index (χ1v) is 11.8. The standard InChI is InChI=1S/C25H23ClN6O3/c1-3-35-24-28-11-16-18(32-24)13(7-10-27-16)19-20(30-15-6-4-5-14(26)21(15)34-2)17-22(31-19)25(8-9-25)12-29-23(17)33/h4-7,10-11,30-31H,3,8-9,12H2,1-2H3,(H,29,33). The van der Waals surface area contributed by atoms with Gasteiger partial charge in [-0.25, -0.2) is 4.98 Å². The number of hydrogen-bond acceptors (Lipinski definition) is 7. The molecule has 1 amide bonds. The lowest BCUT2D eigenvalue weighted by Crippen LogP contribution is -2.39. The Morgan fingerprint density at radius 2 is 2.09 bits per heavy atom. The van der Waals surface area contributed by atoms with Crippen molar-refractivity contribution in [3.63, 3.8) is 0 Å². The summed E-state index contributed by atoms with van der Waals surface area (Å²) >= 11 is 6.39. The molecule has 0 saturated heterocycles. The molecule has 10 heteroatoms. The number of H-pyrrole nitrogens is 1. The third-order valence-electron chi connectivity index (χ3n) is 6.63. The van der Waals surface area contributed by atoms with Gasteiger partial charge >= 0.3 is 6.01 Å². The predicted molar refractivity (Wildman–Crippen MR) is 133 cm³/mol. The highest BCUT2D eigenvalue weighted by molar-refractivity contribution is 6.32. The number of rotatable bonds is 6. The molecule has 3 N–H and O–H groups in total. The largest absolute Gasteiger partial charge is 0.493 e. The van der Waals surface area contributed by atoms with Crippen LogP contribution in [0.2, 0.25) is 5.02 Å². The van der Waals surface area contributed by atoms with E-state index < -0.39 is 0 Å². The van der Waals surface area contributed by atoms with Crippen LogP contribution < -0.4 is 20.1 Å². The van der Waals surface area contributed by atoms with Crippen molar-refractivity contribution < 1.29 is 14.3 Å². The number of pyridine rings is 1. The molecule has 1 aliphatic heterocycles. The van der Waals surface area contributed by atoms with Gasteiger partial charge in [0.25, 0.3) is 5.91 Å². The van der Waals surface area contributed by atoms with Crippen molar-refractivity contribution in [1.82, 2.24) is 25.3 Å². The number of para-hydroxylation sites is 1. The van der Waals surface area contributed by atoms with Crippen LogP contribution in [0.5, 0.6) is 11.8 Å². The minimum absolute atomic E-state index is 0.0787. The highest BCUT2D eigenvalue weighted by Gasteiger charge is 2.51. The number of ether oxygens (including phenoxy) is 2. The summed E-state index contributed by atoms with van der Waals surface area (Å²) in [6, 6.07) is 7.60. The second kappa shape index (κ2) is 8.13. The normalized spacial score (nSPS) is 15.6. The van der Waals surface area contributed by atoms with Crippen molar-refractivity contribution in [2.45, 2.75) is 25.2 Å². The van der Waals surface area contributed by atoms with Gasteiger partial charge in [0.1, 0.15) is 11.0 Å². The number of carbonyl (C=O) groups excluding carboxylic acids is 1. The fourth-order valence-corrected chi connectivity index (χ4v) is 4.98. The Labute approximate surface area is 206 Å². The molecule has 1 aliphatic carbocycles. The number of aromatic amines is 1. The summed E-state index contributed by atoms with van der Waals surface area (Å²) in [5.41, 5.74) is 5.48. The molecule has 0 radical (unpaired) electrons. The Morgan fingerprint density at radius 1 is 1.23 bits per heavy atom. The molecule has 1 aromatic carbocycles. The molecular formula is C25H23ClN6O3. The molecule has 0 unspecified atom stereocenters. The number of benzene rings is 1. The molecule has 4 aromatic rings. The maximum Gasteiger partial charge on any atom is 0.317 e. The van der Waals surface area contributed by atoms with Crippen molar-refractivity contribution >= 4 is 39.9 Å². The van der Waals surface area contributed by atoms with Gasteiger partial charge in [0.05, 0.1) is 47.6 Å². The van der Waals surface area contributed by atoms with E-state index in [1.165, 1.54) is 0 Å². The fourth-order valence-electron chi connectivity index (χ4n) is 4.73. The number of halogens is 1. The van der Waals surface area contributed by atoms with Gasteiger partial charge in [-0.3, -0.25) is 9.78 Å². The third-order valence-corrected chi connectivity index (χ3v) is 6.93. The average Bonchev–Trinajstić information content (AvgIpc) is 3.54. The van der Waals surface area contributed by atoms with Gasteiger partial charge in [0, 0.05) is 29.4 Å². The SMILES string of the molecule is CCOc1ncc2nccc(-c3[nH]c4c(c3Nc3cccc(Cl)c3OC)C(=O)NCC43CC3)c2n1. The first-order chi connectivity index (χ1) is 17.0. The molecule has 178 valence electrons. The lowest BCUT2D eigenvalue weighted by atomic mass is 9.93. The van der Waals surface area contributed by atoms with Crippen LogP contribution in [0.3, 0.4) is 0 Å². The minimum atomic E-state index is -0.133. The van der Waals surface area contributed by atoms with Crippen LogP contribution in [0.1, 0.15) is 35.8 Å². The van der Waals surface area contributed by atoms with Gasteiger partial charge < -0.3 is 25.1 Å². The Bertz CT molecular complexity index is 1480. The Hall–Kier alpha value is -3.85. The molecule has 0 atom stereocenters. The fraction of sp³-hybridized carbons (Fsp3) is 0.280. The molecule has 0 bridgehead atoms. The molecule has 6 rings (SSSR count). The number of aromatic nitrogens is 4. The van der Waals surface area contributed by atoms with Crippen LogP contribution in [0, 0.1) is 0 Å². The van der Waals surface area contributed by atoms with E-state index in [0.717, 1.165) is 29.8 Å². The summed E-state index contributed by atoms with van der Waals surface area (Å²) in [5, 5.41) is 6.98. The van der Waals surface area contributed by atoms with E-state index >= 15 is 0 Å². The molecule has 2 aliphatic rings. The zero-order valence-corrected chi connectivity index (χ0v) is 20.0. The van der Waals surface area contributed by atoms with Crippen LogP contribution in [-0.4, -0.2) is 46.1 Å². The van der Waals surface area contributed by atoms with E-state index in [9.17, 15) is 4.79 Å². The lowest BCUT2D eigenvalue weighted by Gasteiger charge is -2.23. The Morgan fingerprint density at radius 3 is 2.86 bits per heavy atom. The molecular weight excluding hydrogens is 468 g/mol. The van der Waals surface area contributed by atoms with Crippen molar-refractivity contribution in [2.24, 2.45) is 0 Å². The maximum absolute atomic E-state index is 13.2. The number of nitrogens with one attached hydrogen (secondary N) is 3. The second-order valence-electron chi connectivity index (χ2n) is 8.71. The quantitative estimate of drug-likeness (QED) is 0.362. The predicted octanol–water partition coefficient (Wildman–Crippen LogP) is 4.60. The topological polar surface area (TPSA) is 114 Å². The van der Waals surface area contributed by atoms with E-state index in [1.807, 2.05) is 25.1 Å². The van der Waals surface area contributed by atoms with Crippen LogP contribution in [0.15, 0.2) is 36.7 Å². The summed E-state index contributed by atoms with van der Waals surface area (Å²) in [6.07, 6.45) is 5.36. The first-order valence-electron chi connectivity index (χ1n) is 11.4. The number of hydrogen-bond donors (Lipinski definition) is 3. The zero-order valence-electron chi connectivity index (χ0n) is 19.2. The van der Waals surface area contributed by atoms with E-state index in [2.05, 4.69) is 30.6 Å². The molecule has 3 aromatic heterocycles. The van der Waals surface area contributed by atoms with Crippen LogP contribution in [-0.2, 0) is 5.41 Å². The van der Waals surface area contributed by atoms with E-state index in [4.69, 9.17) is 21.1 Å². The van der Waals surface area contributed by atoms with Crippen LogP contribution in [0.25, 0.3) is 22.3 Å². The molecule has 9 nitrogen and oxygen atoms in total. The van der Waals surface area contributed by atoms with Crippen molar-refractivity contribution in [3.8, 4) is 23.0 Å². The number of carbonyl (C=O) groups is 1. The summed E-state index contributed by atoms with van der Waals surface area (Å²) in [4.78, 5) is 30.1. The summed E-state index contributed by atoms with van der Waals surface area (Å²) in [5.74, 6) is 0.361. The molecule has 35 heavy (non-hydrogen) atoms. The number of fused-ring (bicyclic) bond motifs is 3. The van der Waals surface area contributed by atoms with Crippen LogP contribution >= 0.6 is 11.6 Å². The molecule has 1 fully saturated rings. The van der Waals surface area contributed by atoms with E-state index in [-0.39, 0.29) is 17.3 Å². The summed E-state index contributed by atoms with van der Waals surface area (Å²) in [6.45, 7) is 2.94. The van der Waals surface area contributed by atoms with Gasteiger partial charge in [0.2, 0.25) is 0 Å². The smallest absolute Gasteiger partial charge is 0.317 e. The summed E-state index contributed by atoms with van der Waals surface area (Å²) < 4.78 is 11.1. The van der Waals surface area contributed by atoms with Crippen molar-refractivity contribution in [1.29, 1.82) is 0 Å². The van der Waals surface area contributed by atoms with E-state index in [0.29, 0.717) is 51.9 Å². The number of methoxy groups -OCH3 is 1. The minimum Gasteiger partial charge on any atom is -0.493 e. The molecule has 1 saturated carbocycles. The van der Waals surface area contributed by atoms with Gasteiger partial charge in [-0.2, -0.15) is 4.98 Å². The number of amides is 1. The Balaban J connectivity index is 1.60. The van der Waals surface area contributed by atoms with Gasteiger partial charge in [0.15, 0.2) is 5.75 Å². The molecule has 4 heterocycles. The number of anilines is 2. The van der Waals surface area contributed by atoms with Gasteiger partial charge in [-0.15, -0.1) is 0 Å². The third kappa shape index (κ3) is 3.46. The monoisotopic (exact) mass is 490 g/mol. The molecule has 1 spiro atoms. The second-order valence-corrected chi connectivity index (χ2v) is 9.12.